The highest BCUT2D eigenvalue weighted by Crippen LogP contribution is 2.24. The van der Waals surface area contributed by atoms with E-state index in [0.717, 1.165) is 16.9 Å². The first-order chi connectivity index (χ1) is 13.8. The second-order valence-electron chi connectivity index (χ2n) is 7.33. The molecule has 1 unspecified atom stereocenters. The van der Waals surface area contributed by atoms with Gasteiger partial charge in [-0.1, -0.05) is 54.1 Å². The fraction of sp³-hybridized carbons (Fsp3) is 0.304. The molecule has 152 valence electrons. The molecule has 2 aromatic carbocycles. The van der Waals surface area contributed by atoms with E-state index >= 15 is 0 Å². The van der Waals surface area contributed by atoms with Gasteiger partial charge in [0.2, 0.25) is 0 Å². The Hall–Kier alpha value is -2.79. The van der Waals surface area contributed by atoms with Gasteiger partial charge < -0.3 is 10.1 Å². The van der Waals surface area contributed by atoms with Gasteiger partial charge >= 0.3 is 0 Å². The van der Waals surface area contributed by atoms with Gasteiger partial charge in [-0.25, -0.2) is 4.68 Å². The van der Waals surface area contributed by atoms with Gasteiger partial charge in [0, 0.05) is 0 Å². The zero-order valence-corrected chi connectivity index (χ0v) is 17.9. The Morgan fingerprint density at radius 3 is 2.55 bits per heavy atom. The minimum atomic E-state index is -0.241. The van der Waals surface area contributed by atoms with Crippen LogP contribution in [0.25, 0.3) is 0 Å². The monoisotopic (exact) mass is 411 g/mol. The van der Waals surface area contributed by atoms with E-state index < -0.39 is 0 Å². The van der Waals surface area contributed by atoms with Crippen molar-refractivity contribution in [3.05, 3.63) is 82.1 Å². The van der Waals surface area contributed by atoms with Crippen LogP contribution >= 0.6 is 11.6 Å². The van der Waals surface area contributed by atoms with Crippen LogP contribution in [0, 0.1) is 6.92 Å². The van der Waals surface area contributed by atoms with Gasteiger partial charge in [-0.3, -0.25) is 4.79 Å². The van der Waals surface area contributed by atoms with Crippen molar-refractivity contribution in [2.75, 3.05) is 0 Å². The summed E-state index contributed by atoms with van der Waals surface area (Å²) in [5, 5.41) is 7.82. The molecule has 0 fully saturated rings. The molecule has 1 aromatic heterocycles. The van der Waals surface area contributed by atoms with E-state index in [4.69, 9.17) is 16.3 Å². The molecule has 0 radical (unpaired) electrons. The molecule has 29 heavy (non-hydrogen) atoms. The average molecular weight is 412 g/mol. The number of aryl methyl sites for hydroxylation is 1. The Balaban J connectivity index is 1.75. The van der Waals surface area contributed by atoms with Crippen molar-refractivity contribution in [2.45, 2.75) is 46.4 Å². The first-order valence-electron chi connectivity index (χ1n) is 9.69. The molecule has 0 saturated heterocycles. The Morgan fingerprint density at radius 1 is 1.14 bits per heavy atom. The number of halogens is 1. The van der Waals surface area contributed by atoms with E-state index in [1.54, 1.807) is 11.6 Å². The van der Waals surface area contributed by atoms with E-state index in [1.165, 1.54) is 0 Å². The summed E-state index contributed by atoms with van der Waals surface area (Å²) in [6.07, 6.45) is 0.0899. The summed E-state index contributed by atoms with van der Waals surface area (Å²) in [7, 11) is 0. The van der Waals surface area contributed by atoms with Crippen molar-refractivity contribution in [2.24, 2.45) is 0 Å². The summed E-state index contributed by atoms with van der Waals surface area (Å²) in [6, 6.07) is 17.4. The predicted octanol–water partition coefficient (Wildman–Crippen LogP) is 5.17. The number of rotatable bonds is 7. The molecule has 0 aliphatic heterocycles. The van der Waals surface area contributed by atoms with Crippen LogP contribution in [0.15, 0.2) is 54.6 Å². The maximum absolute atomic E-state index is 12.9. The van der Waals surface area contributed by atoms with Crippen LogP contribution in [-0.4, -0.2) is 21.8 Å². The lowest BCUT2D eigenvalue weighted by Crippen LogP contribution is -2.27. The molecule has 0 aliphatic carbocycles. The minimum absolute atomic E-state index is 0.0899. The number of nitrogens with zero attached hydrogens (tertiary/aromatic N) is 2. The van der Waals surface area contributed by atoms with Crippen molar-refractivity contribution in [3.8, 4) is 5.75 Å². The molecule has 6 heteroatoms. The minimum Gasteiger partial charge on any atom is -0.491 e. The summed E-state index contributed by atoms with van der Waals surface area (Å²) in [4.78, 5) is 12.9. The first kappa shape index (κ1) is 20.9. The van der Waals surface area contributed by atoms with E-state index in [9.17, 15) is 4.79 Å². The predicted molar refractivity (Wildman–Crippen MR) is 116 cm³/mol. The number of aromatic nitrogens is 2. The number of amides is 1. The fourth-order valence-corrected chi connectivity index (χ4v) is 3.47. The Bertz CT molecular complexity index is 983. The lowest BCUT2D eigenvalue weighted by atomic mass is 10.1. The third kappa shape index (κ3) is 5.18. The SMILES string of the molecule is Cc1nn(Cc2ccccc2)c(Cl)c1C(=O)NC(C)c1cccc(OC(C)C)c1. The molecule has 0 saturated carbocycles. The van der Waals surface area contributed by atoms with Gasteiger partial charge in [0.1, 0.15) is 10.9 Å². The number of carbonyl (C=O) groups excluding carboxylic acids is 1. The second-order valence-corrected chi connectivity index (χ2v) is 7.69. The summed E-state index contributed by atoms with van der Waals surface area (Å²) < 4.78 is 7.40. The van der Waals surface area contributed by atoms with Crippen LogP contribution in [0.1, 0.15) is 54.0 Å². The van der Waals surface area contributed by atoms with Gasteiger partial charge in [-0.2, -0.15) is 5.10 Å². The van der Waals surface area contributed by atoms with E-state index in [1.807, 2.05) is 75.4 Å². The lowest BCUT2D eigenvalue weighted by Gasteiger charge is -2.16. The van der Waals surface area contributed by atoms with Gasteiger partial charge in [0.05, 0.1) is 29.9 Å². The highest BCUT2D eigenvalue weighted by atomic mass is 35.5. The Kier molecular flexibility index (Phi) is 6.60. The topological polar surface area (TPSA) is 56.2 Å². The fourth-order valence-electron chi connectivity index (χ4n) is 3.15. The quantitative estimate of drug-likeness (QED) is 0.583. The Morgan fingerprint density at radius 2 is 1.86 bits per heavy atom. The zero-order valence-electron chi connectivity index (χ0n) is 17.1. The molecule has 1 heterocycles. The standard InChI is InChI=1S/C23H26ClN3O2/c1-15(2)29-20-12-8-11-19(13-20)16(3)25-23(28)21-17(4)26-27(22(21)24)14-18-9-6-5-7-10-18/h5-13,15-16H,14H2,1-4H3,(H,25,28). The zero-order chi connectivity index (χ0) is 21.0. The smallest absolute Gasteiger partial charge is 0.256 e. The number of hydrogen-bond acceptors (Lipinski definition) is 3. The molecule has 0 spiro atoms. The van der Waals surface area contributed by atoms with Crippen LogP contribution < -0.4 is 10.1 Å². The molecule has 0 bridgehead atoms. The van der Waals surface area contributed by atoms with Crippen molar-refractivity contribution in [1.29, 1.82) is 0 Å². The number of hydrogen-bond donors (Lipinski definition) is 1. The number of ether oxygens (including phenoxy) is 1. The van der Waals surface area contributed by atoms with Gasteiger partial charge in [0.25, 0.3) is 5.91 Å². The lowest BCUT2D eigenvalue weighted by molar-refractivity contribution is 0.0939. The Labute approximate surface area is 176 Å². The summed E-state index contributed by atoms with van der Waals surface area (Å²) >= 11 is 6.51. The molecule has 0 aliphatic rings. The van der Waals surface area contributed by atoms with Crippen LogP contribution in [0.3, 0.4) is 0 Å². The highest BCUT2D eigenvalue weighted by Gasteiger charge is 2.22. The van der Waals surface area contributed by atoms with Crippen molar-refractivity contribution in [1.82, 2.24) is 15.1 Å². The van der Waals surface area contributed by atoms with Crippen molar-refractivity contribution in [3.63, 3.8) is 0 Å². The van der Waals surface area contributed by atoms with Crippen molar-refractivity contribution < 1.29 is 9.53 Å². The first-order valence-corrected chi connectivity index (χ1v) is 10.1. The third-order valence-electron chi connectivity index (χ3n) is 4.55. The van der Waals surface area contributed by atoms with Gasteiger partial charge in [-0.15, -0.1) is 0 Å². The summed E-state index contributed by atoms with van der Waals surface area (Å²) in [5.41, 5.74) is 3.04. The number of nitrogens with one attached hydrogen (secondary N) is 1. The van der Waals surface area contributed by atoms with E-state index in [0.29, 0.717) is 23.0 Å². The van der Waals surface area contributed by atoms with Gasteiger partial charge in [-0.05, 0) is 51.0 Å². The highest BCUT2D eigenvalue weighted by molar-refractivity contribution is 6.33. The number of carbonyl (C=O) groups is 1. The van der Waals surface area contributed by atoms with E-state index in [-0.39, 0.29) is 18.1 Å². The van der Waals surface area contributed by atoms with Crippen LogP contribution in [0.2, 0.25) is 5.15 Å². The normalized spacial score (nSPS) is 12.1. The van der Waals surface area contributed by atoms with Gasteiger partial charge in [0.15, 0.2) is 0 Å². The molecule has 1 N–H and O–H groups in total. The van der Waals surface area contributed by atoms with E-state index in [2.05, 4.69) is 10.4 Å². The largest absolute Gasteiger partial charge is 0.491 e. The molecular weight excluding hydrogens is 386 g/mol. The average Bonchev–Trinajstić information content (AvgIpc) is 2.95. The molecule has 1 amide bonds. The maximum atomic E-state index is 12.9. The molecular formula is C23H26ClN3O2. The summed E-state index contributed by atoms with van der Waals surface area (Å²) in [6.45, 7) is 8.21. The summed E-state index contributed by atoms with van der Waals surface area (Å²) in [5.74, 6) is 0.540. The molecule has 3 aromatic rings. The van der Waals surface area contributed by atoms with Crippen molar-refractivity contribution >= 4 is 17.5 Å². The molecule has 5 nitrogen and oxygen atoms in total. The second kappa shape index (κ2) is 9.14. The number of benzene rings is 2. The third-order valence-corrected chi connectivity index (χ3v) is 4.93. The molecule has 3 rings (SSSR count). The van der Waals surface area contributed by atoms with Crippen LogP contribution in [0.5, 0.6) is 5.75 Å². The van der Waals surface area contributed by atoms with Crippen LogP contribution in [0.4, 0.5) is 0 Å². The maximum Gasteiger partial charge on any atom is 0.256 e. The molecule has 1 atom stereocenters. The van der Waals surface area contributed by atoms with Crippen LogP contribution in [-0.2, 0) is 6.54 Å².